The van der Waals surface area contributed by atoms with Gasteiger partial charge in [-0.25, -0.2) is 0 Å². The first-order valence-corrected chi connectivity index (χ1v) is 7.75. The van der Waals surface area contributed by atoms with Gasteiger partial charge in [-0.15, -0.1) is 0 Å². The third-order valence-corrected chi connectivity index (χ3v) is 5.21. The van der Waals surface area contributed by atoms with Crippen molar-refractivity contribution in [2.24, 2.45) is 0 Å². The quantitative estimate of drug-likeness (QED) is 0.715. The van der Waals surface area contributed by atoms with Crippen LogP contribution in [-0.4, -0.2) is 23.5 Å². The van der Waals surface area contributed by atoms with Crippen molar-refractivity contribution < 1.29 is 14.2 Å². The normalized spacial score (nSPS) is 24.7. The number of allylic oxidation sites excluding steroid dienone is 1. The number of aliphatic hydroxyl groups is 1. The van der Waals surface area contributed by atoms with E-state index in [4.69, 9.17) is 4.52 Å². The lowest BCUT2D eigenvalue weighted by molar-refractivity contribution is 0.223. The molecule has 1 aliphatic rings. The van der Waals surface area contributed by atoms with Crippen LogP contribution in [0.1, 0.15) is 39.5 Å². The Labute approximate surface area is 92.0 Å². The van der Waals surface area contributed by atoms with Crippen LogP contribution in [0.5, 0.6) is 0 Å². The number of unbranched alkanes of at least 4 members (excludes halogenated alkanes) is 1. The molecule has 0 aromatic heterocycles. The summed E-state index contributed by atoms with van der Waals surface area (Å²) < 4.78 is 17.8. The third kappa shape index (κ3) is 4.00. The van der Waals surface area contributed by atoms with Gasteiger partial charge in [-0.2, -0.15) is 0 Å². The van der Waals surface area contributed by atoms with Gasteiger partial charge in [0.1, 0.15) is 5.76 Å². The summed E-state index contributed by atoms with van der Waals surface area (Å²) in [6.07, 6.45) is 5.93. The van der Waals surface area contributed by atoms with Crippen LogP contribution in [0.15, 0.2) is 11.8 Å². The minimum atomic E-state index is -2.47. The Morgan fingerprint density at radius 1 is 1.60 bits per heavy atom. The van der Waals surface area contributed by atoms with E-state index in [0.29, 0.717) is 18.7 Å². The molecule has 0 saturated carbocycles. The fourth-order valence-corrected chi connectivity index (χ4v) is 3.54. The molecule has 4 heteroatoms. The average Bonchev–Trinajstić information content (AvgIpc) is 2.61. The van der Waals surface area contributed by atoms with Gasteiger partial charge in [0.05, 0.1) is 6.10 Å². The Balaban J connectivity index is 2.52. The Kier molecular flexibility index (Phi) is 4.88. The van der Waals surface area contributed by atoms with Crippen LogP contribution in [0, 0.1) is 0 Å². The highest BCUT2D eigenvalue weighted by atomic mass is 31.2. The second kappa shape index (κ2) is 5.72. The Morgan fingerprint density at radius 3 is 2.80 bits per heavy atom. The van der Waals surface area contributed by atoms with Crippen LogP contribution in [0.3, 0.4) is 0 Å². The lowest BCUT2D eigenvalue weighted by Gasteiger charge is -2.18. The van der Waals surface area contributed by atoms with Gasteiger partial charge in [-0.1, -0.05) is 20.3 Å². The molecule has 0 radical (unpaired) electrons. The molecule has 0 bridgehead atoms. The molecule has 88 valence electrons. The van der Waals surface area contributed by atoms with E-state index < -0.39 is 13.5 Å². The molecule has 2 unspecified atom stereocenters. The molecule has 0 amide bonds. The summed E-state index contributed by atoms with van der Waals surface area (Å²) in [6, 6.07) is 0. The first-order chi connectivity index (χ1) is 7.09. The van der Waals surface area contributed by atoms with Gasteiger partial charge in [0.15, 0.2) is 0 Å². The minimum absolute atomic E-state index is 0.406. The van der Waals surface area contributed by atoms with Gasteiger partial charge < -0.3 is 9.63 Å². The maximum Gasteiger partial charge on any atom is 0.247 e. The predicted octanol–water partition coefficient (Wildman–Crippen LogP) is 3.14. The molecule has 2 atom stereocenters. The fourth-order valence-electron chi connectivity index (χ4n) is 1.63. The summed E-state index contributed by atoms with van der Waals surface area (Å²) in [7, 11) is -2.47. The average molecular weight is 232 g/mol. The topological polar surface area (TPSA) is 46.5 Å². The zero-order chi connectivity index (χ0) is 11.3. The van der Waals surface area contributed by atoms with E-state index >= 15 is 0 Å². The van der Waals surface area contributed by atoms with Crippen LogP contribution >= 0.6 is 7.37 Å². The van der Waals surface area contributed by atoms with Gasteiger partial charge in [0.2, 0.25) is 7.37 Å². The molecule has 1 N–H and O–H groups in total. The zero-order valence-corrected chi connectivity index (χ0v) is 10.5. The van der Waals surface area contributed by atoms with Crippen molar-refractivity contribution in [1.82, 2.24) is 0 Å². The molecule has 0 aromatic carbocycles. The highest BCUT2D eigenvalue weighted by molar-refractivity contribution is 7.59. The van der Waals surface area contributed by atoms with Gasteiger partial charge in [0, 0.05) is 18.7 Å². The summed E-state index contributed by atoms with van der Waals surface area (Å²) in [6.45, 7) is 3.99. The van der Waals surface area contributed by atoms with E-state index in [0.717, 1.165) is 25.0 Å². The highest BCUT2D eigenvalue weighted by Crippen LogP contribution is 2.50. The first kappa shape index (κ1) is 12.8. The number of hydrogen-bond donors (Lipinski definition) is 1. The van der Waals surface area contributed by atoms with E-state index in [-0.39, 0.29) is 0 Å². The molecular formula is C11H21O3P. The zero-order valence-electron chi connectivity index (χ0n) is 9.61. The molecule has 0 saturated heterocycles. The Hall–Kier alpha value is -0.270. The van der Waals surface area contributed by atoms with Crippen molar-refractivity contribution >= 4 is 7.37 Å². The van der Waals surface area contributed by atoms with Crippen molar-refractivity contribution in [3.8, 4) is 0 Å². The van der Waals surface area contributed by atoms with Crippen molar-refractivity contribution in [3.05, 3.63) is 11.8 Å². The van der Waals surface area contributed by atoms with Crippen molar-refractivity contribution in [1.29, 1.82) is 0 Å². The summed E-state index contributed by atoms with van der Waals surface area (Å²) in [4.78, 5) is 0. The van der Waals surface area contributed by atoms with Crippen LogP contribution in [0.2, 0.25) is 0 Å². The van der Waals surface area contributed by atoms with Crippen molar-refractivity contribution in [3.63, 3.8) is 0 Å². The van der Waals surface area contributed by atoms with Gasteiger partial charge in [-0.05, 0) is 18.9 Å². The molecule has 0 heterocycles. The summed E-state index contributed by atoms with van der Waals surface area (Å²) in [5.74, 6) is 0.726. The largest absolute Gasteiger partial charge is 0.448 e. The third-order valence-electron chi connectivity index (χ3n) is 2.68. The molecule has 0 fully saturated rings. The number of aliphatic hydroxyl groups excluding tert-OH is 1. The van der Waals surface area contributed by atoms with Crippen molar-refractivity contribution in [2.75, 3.05) is 12.3 Å². The SMILES string of the molecule is CCCCP(=O)(CC)OC1=CC(O)CC1. The van der Waals surface area contributed by atoms with E-state index in [1.54, 1.807) is 6.08 Å². The van der Waals surface area contributed by atoms with Crippen LogP contribution in [-0.2, 0) is 9.09 Å². The monoisotopic (exact) mass is 232 g/mol. The summed E-state index contributed by atoms with van der Waals surface area (Å²) in [5, 5.41) is 9.30. The first-order valence-electron chi connectivity index (χ1n) is 5.76. The molecule has 1 rings (SSSR count). The van der Waals surface area contributed by atoms with E-state index in [2.05, 4.69) is 6.92 Å². The van der Waals surface area contributed by atoms with E-state index in [1.165, 1.54) is 0 Å². The molecule has 0 aromatic rings. The number of hydrogen-bond acceptors (Lipinski definition) is 3. The van der Waals surface area contributed by atoms with Crippen LogP contribution < -0.4 is 0 Å². The summed E-state index contributed by atoms with van der Waals surface area (Å²) in [5.41, 5.74) is 0. The van der Waals surface area contributed by atoms with Crippen molar-refractivity contribution in [2.45, 2.75) is 45.6 Å². The van der Waals surface area contributed by atoms with Crippen LogP contribution in [0.25, 0.3) is 0 Å². The second-order valence-electron chi connectivity index (χ2n) is 4.04. The lowest BCUT2D eigenvalue weighted by Crippen LogP contribution is -1.97. The second-order valence-corrected chi connectivity index (χ2v) is 6.93. The molecular weight excluding hydrogens is 211 g/mol. The molecule has 3 nitrogen and oxygen atoms in total. The molecule has 15 heavy (non-hydrogen) atoms. The predicted molar refractivity (Wildman–Crippen MR) is 62.3 cm³/mol. The standard InChI is InChI=1S/C11H21O3P/c1-3-5-8-15(13,4-2)14-11-7-6-10(12)9-11/h9-10,12H,3-8H2,1-2H3. The van der Waals surface area contributed by atoms with E-state index in [9.17, 15) is 9.67 Å². The molecule has 0 aliphatic heterocycles. The minimum Gasteiger partial charge on any atom is -0.448 e. The smallest absolute Gasteiger partial charge is 0.247 e. The van der Waals surface area contributed by atoms with Gasteiger partial charge in [-0.3, -0.25) is 4.57 Å². The lowest BCUT2D eigenvalue weighted by atomic mass is 10.3. The molecule has 1 aliphatic carbocycles. The number of rotatable bonds is 6. The maximum absolute atomic E-state index is 12.3. The fraction of sp³-hybridized carbons (Fsp3) is 0.818. The Bertz CT molecular complexity index is 273. The summed E-state index contributed by atoms with van der Waals surface area (Å²) >= 11 is 0. The van der Waals surface area contributed by atoms with Gasteiger partial charge in [0.25, 0.3) is 0 Å². The van der Waals surface area contributed by atoms with E-state index in [1.807, 2.05) is 6.92 Å². The van der Waals surface area contributed by atoms with Gasteiger partial charge >= 0.3 is 0 Å². The maximum atomic E-state index is 12.3. The Morgan fingerprint density at radius 2 is 2.33 bits per heavy atom. The highest BCUT2D eigenvalue weighted by Gasteiger charge is 2.25. The molecule has 0 spiro atoms. The van der Waals surface area contributed by atoms with Crippen LogP contribution in [0.4, 0.5) is 0 Å².